The Bertz CT molecular complexity index is 1130. The first kappa shape index (κ1) is 35.0. The lowest BCUT2D eigenvalue weighted by Gasteiger charge is -2.30. The number of dihydropyridines is 1. The molecule has 0 saturated heterocycles. The first-order valence-electron chi connectivity index (χ1n) is 13.0. The van der Waals surface area contributed by atoms with Gasteiger partial charge in [0.15, 0.2) is 5.78 Å². The zero-order valence-corrected chi connectivity index (χ0v) is 24.4. The Hall–Kier alpha value is -3.97. The van der Waals surface area contributed by atoms with Crippen molar-refractivity contribution in [3.05, 3.63) is 77.0 Å². The van der Waals surface area contributed by atoms with E-state index in [9.17, 15) is 4.79 Å². The van der Waals surface area contributed by atoms with Gasteiger partial charge in [0.2, 0.25) is 0 Å². The van der Waals surface area contributed by atoms with Crippen LogP contribution in [0, 0.1) is 0 Å². The molecular weight excluding hydrogens is 488 g/mol. The van der Waals surface area contributed by atoms with E-state index in [-0.39, 0.29) is 5.78 Å². The predicted octanol–water partition coefficient (Wildman–Crippen LogP) is 5.80. The van der Waals surface area contributed by atoms with Crippen molar-refractivity contribution in [2.75, 3.05) is 27.2 Å². The van der Waals surface area contributed by atoms with Crippen LogP contribution < -0.4 is 5.73 Å². The monoisotopic (exact) mass is 532 g/mol. The molecule has 1 aliphatic heterocycles. The van der Waals surface area contributed by atoms with Gasteiger partial charge in [0.1, 0.15) is 19.4 Å². The lowest BCUT2D eigenvalue weighted by Crippen LogP contribution is -2.37. The molecule has 39 heavy (non-hydrogen) atoms. The third-order valence-corrected chi connectivity index (χ3v) is 5.83. The highest BCUT2D eigenvalue weighted by Crippen LogP contribution is 2.32. The number of amidine groups is 1. The van der Waals surface area contributed by atoms with Gasteiger partial charge in [-0.15, -0.1) is 0 Å². The summed E-state index contributed by atoms with van der Waals surface area (Å²) in [6.45, 7) is 13.8. The van der Waals surface area contributed by atoms with Crippen LogP contribution in [0.2, 0.25) is 0 Å². The fraction of sp³-hybridized carbons (Fsp3) is 0.344. The number of Topliss-reactive ketones (excluding diaryl/α,β-unsaturated/α-hetero) is 1. The van der Waals surface area contributed by atoms with Crippen LogP contribution in [-0.2, 0) is 14.4 Å². The minimum absolute atomic E-state index is 0.0837. The van der Waals surface area contributed by atoms with Gasteiger partial charge in [0.25, 0.3) is 0 Å². The molecule has 0 fully saturated rings. The van der Waals surface area contributed by atoms with Crippen molar-refractivity contribution in [2.24, 2.45) is 15.7 Å². The highest BCUT2D eigenvalue weighted by Gasteiger charge is 2.26. The number of benzene rings is 2. The number of allylic oxidation sites excluding steroid dienone is 2. The van der Waals surface area contributed by atoms with Crippen molar-refractivity contribution in [3.63, 3.8) is 0 Å². The van der Waals surface area contributed by atoms with Crippen molar-refractivity contribution in [2.45, 2.75) is 47.0 Å². The number of rotatable bonds is 8. The zero-order chi connectivity index (χ0) is 29.8. The Kier molecular flexibility index (Phi) is 18.0. The summed E-state index contributed by atoms with van der Waals surface area (Å²) >= 11 is 0. The van der Waals surface area contributed by atoms with Crippen LogP contribution in [-0.4, -0.2) is 63.5 Å². The second-order valence-electron chi connectivity index (χ2n) is 8.50. The van der Waals surface area contributed by atoms with Crippen molar-refractivity contribution in [1.29, 1.82) is 0 Å². The second-order valence-corrected chi connectivity index (χ2v) is 8.50. The minimum atomic E-state index is 0.0837. The van der Waals surface area contributed by atoms with E-state index in [0.29, 0.717) is 6.42 Å². The molecule has 2 N–H and O–H groups in total. The van der Waals surface area contributed by atoms with Crippen LogP contribution in [0.25, 0.3) is 16.7 Å². The van der Waals surface area contributed by atoms with Gasteiger partial charge >= 0.3 is 0 Å². The van der Waals surface area contributed by atoms with Crippen LogP contribution in [0.1, 0.15) is 52.5 Å². The predicted molar refractivity (Wildman–Crippen MR) is 165 cm³/mol. The van der Waals surface area contributed by atoms with E-state index in [2.05, 4.69) is 84.9 Å². The summed E-state index contributed by atoms with van der Waals surface area (Å²) in [7, 11) is 3.29. The number of aliphatic imine (C=N–C) groups is 2. The van der Waals surface area contributed by atoms with Crippen LogP contribution in [0.3, 0.4) is 0 Å². The molecule has 2 aromatic rings. The van der Waals surface area contributed by atoms with Gasteiger partial charge in [0.05, 0.1) is 11.3 Å². The van der Waals surface area contributed by atoms with Crippen LogP contribution in [0.5, 0.6) is 0 Å². The quantitative estimate of drug-likeness (QED) is 0.433. The molecule has 0 saturated carbocycles. The first-order valence-corrected chi connectivity index (χ1v) is 13.0. The van der Waals surface area contributed by atoms with Gasteiger partial charge in [-0.25, -0.2) is 4.99 Å². The maximum atomic E-state index is 12.6. The molecule has 0 atom stereocenters. The van der Waals surface area contributed by atoms with Crippen molar-refractivity contribution in [3.8, 4) is 11.1 Å². The molecule has 1 heterocycles. The van der Waals surface area contributed by atoms with Gasteiger partial charge in [-0.2, -0.15) is 0 Å². The van der Waals surface area contributed by atoms with E-state index in [1.807, 2.05) is 25.9 Å². The number of ketones is 1. The molecule has 3 rings (SSSR count). The lowest BCUT2D eigenvalue weighted by atomic mass is 9.92. The maximum Gasteiger partial charge on any atom is 0.163 e. The van der Waals surface area contributed by atoms with E-state index in [1.165, 1.54) is 18.2 Å². The fourth-order valence-electron chi connectivity index (χ4n) is 4.38. The number of hydrogen-bond acceptors (Lipinski definition) is 7. The minimum Gasteiger partial charge on any atom is -0.356 e. The lowest BCUT2D eigenvalue weighted by molar-refractivity contribution is -0.113. The summed E-state index contributed by atoms with van der Waals surface area (Å²) in [5.74, 6) is 0.897. The largest absolute Gasteiger partial charge is 0.356 e. The maximum absolute atomic E-state index is 12.6. The Morgan fingerprint density at radius 2 is 1.46 bits per heavy atom. The van der Waals surface area contributed by atoms with Gasteiger partial charge in [-0.3, -0.25) is 9.79 Å². The highest BCUT2D eigenvalue weighted by atomic mass is 16.1. The Balaban J connectivity index is 0.00000225. The second kappa shape index (κ2) is 20.1. The van der Waals surface area contributed by atoms with E-state index < -0.39 is 0 Å². The smallest absolute Gasteiger partial charge is 0.163 e. The van der Waals surface area contributed by atoms with E-state index in [1.54, 1.807) is 14.0 Å². The summed E-state index contributed by atoms with van der Waals surface area (Å²) in [6, 6.07) is 18.9. The molecule has 1 aliphatic rings. The van der Waals surface area contributed by atoms with Crippen molar-refractivity contribution < 1.29 is 14.4 Å². The highest BCUT2D eigenvalue weighted by molar-refractivity contribution is 6.23. The molecule has 2 aromatic carbocycles. The molecule has 0 aromatic heterocycles. The fourth-order valence-corrected chi connectivity index (χ4v) is 4.38. The van der Waals surface area contributed by atoms with Crippen LogP contribution in [0.15, 0.2) is 81.4 Å². The van der Waals surface area contributed by atoms with E-state index in [4.69, 9.17) is 14.6 Å². The van der Waals surface area contributed by atoms with Gasteiger partial charge in [0, 0.05) is 38.3 Å². The van der Waals surface area contributed by atoms with Crippen LogP contribution in [0.4, 0.5) is 0 Å². The topological polar surface area (TPSA) is 105 Å². The average molecular weight is 533 g/mol. The molecule has 0 radical (unpaired) electrons. The molecule has 7 heteroatoms. The van der Waals surface area contributed by atoms with Crippen molar-refractivity contribution in [1.82, 2.24) is 4.90 Å². The molecule has 0 spiro atoms. The summed E-state index contributed by atoms with van der Waals surface area (Å²) in [6.07, 6.45) is 4.55. The molecular formula is C32H44N4O3. The number of nitrogens with two attached hydrogens (primary N) is 1. The normalized spacial score (nSPS) is 13.6. The third-order valence-electron chi connectivity index (χ3n) is 5.83. The van der Waals surface area contributed by atoms with Gasteiger partial charge < -0.3 is 20.2 Å². The van der Waals surface area contributed by atoms with E-state index >= 15 is 0 Å². The Morgan fingerprint density at radius 1 is 0.949 bits per heavy atom. The standard InChI is InChI=1S/C29H35N3O.CH5N.2CH2O/c1-6-17-32(18-7-2)29-28(22(4)33)21(3)19-27(31-29)26(20-30-5)25-15-13-24(14-16-25)23-11-9-8-10-12-23;3*1-2/h8-16,20H,6-7,17-19H2,1-5H3;2H2,1H3;2*1H2/b27-26-,30-20?;;;. The molecule has 210 valence electrons. The average Bonchev–Trinajstić information content (AvgIpc) is 2.99. The summed E-state index contributed by atoms with van der Waals surface area (Å²) in [5, 5.41) is 0. The molecule has 0 aliphatic carbocycles. The number of nitrogens with zero attached hydrogens (tertiary/aromatic N) is 3. The van der Waals surface area contributed by atoms with Crippen LogP contribution >= 0.6 is 0 Å². The van der Waals surface area contributed by atoms with Gasteiger partial charge in [-0.05, 0) is 50.4 Å². The summed E-state index contributed by atoms with van der Waals surface area (Å²) < 4.78 is 0. The number of carbonyl (C=O) groups excluding carboxylic acids is 3. The Morgan fingerprint density at radius 3 is 1.92 bits per heavy atom. The third kappa shape index (κ3) is 10.0. The zero-order valence-electron chi connectivity index (χ0n) is 24.4. The Labute approximate surface area is 234 Å². The molecule has 7 nitrogen and oxygen atoms in total. The molecule has 0 amide bonds. The molecule has 0 unspecified atom stereocenters. The summed E-state index contributed by atoms with van der Waals surface area (Å²) in [4.78, 5) is 40.3. The number of hydrogen-bond donors (Lipinski definition) is 1. The van der Waals surface area contributed by atoms with Gasteiger partial charge in [-0.1, -0.05) is 74.0 Å². The number of carbonyl (C=O) groups is 3. The SMILES string of the molecule is C=O.C=O.CCCN(CCC)C1=N/C(=C(/C=NC)c2ccc(-c3ccccc3)cc2)CC(C)=C1C(C)=O.CN. The molecule has 0 bridgehead atoms. The summed E-state index contributed by atoms with van der Waals surface area (Å²) in [5.41, 5.74) is 11.8. The van der Waals surface area contributed by atoms with Crippen molar-refractivity contribution >= 4 is 37.0 Å². The van der Waals surface area contributed by atoms with E-state index in [0.717, 1.165) is 59.7 Å². The first-order chi connectivity index (χ1) is 19.0.